The van der Waals surface area contributed by atoms with Crippen molar-refractivity contribution in [1.82, 2.24) is 10.6 Å². The molecule has 3 heterocycles. The molecule has 3 aliphatic rings. The number of amides is 3. The first-order valence-electron chi connectivity index (χ1n) is 15.3. The van der Waals surface area contributed by atoms with Gasteiger partial charge in [0.15, 0.2) is 23.0 Å². The molecule has 1 aromatic heterocycles. The van der Waals surface area contributed by atoms with Crippen molar-refractivity contribution >= 4 is 23.6 Å². The van der Waals surface area contributed by atoms with Crippen LogP contribution >= 0.6 is 0 Å². The third-order valence-corrected chi connectivity index (χ3v) is 8.93. The Morgan fingerprint density at radius 3 is 2.23 bits per heavy atom. The van der Waals surface area contributed by atoms with Crippen LogP contribution in [0.2, 0.25) is 0 Å². The highest BCUT2D eigenvalue weighted by Crippen LogP contribution is 2.55. The highest BCUT2D eigenvalue weighted by Gasteiger charge is 2.53. The van der Waals surface area contributed by atoms with Crippen LogP contribution in [0.1, 0.15) is 44.8 Å². The molecule has 4 atom stereocenters. The maximum Gasteiger partial charge on any atom is 0.319 e. The van der Waals surface area contributed by atoms with Gasteiger partial charge >= 0.3 is 12.0 Å². The number of methoxy groups -OCH3 is 3. The second kappa shape index (κ2) is 12.7. The largest absolute Gasteiger partial charge is 0.493 e. The van der Waals surface area contributed by atoms with Crippen LogP contribution in [-0.4, -0.2) is 52.6 Å². The number of hydrogen-bond donors (Lipinski definition) is 3. The van der Waals surface area contributed by atoms with Crippen molar-refractivity contribution in [3.63, 3.8) is 0 Å². The van der Waals surface area contributed by atoms with Crippen molar-refractivity contribution in [1.29, 1.82) is 0 Å². The van der Waals surface area contributed by atoms with Crippen molar-refractivity contribution in [3.8, 4) is 28.7 Å². The van der Waals surface area contributed by atoms with E-state index in [1.54, 1.807) is 36.4 Å². The van der Waals surface area contributed by atoms with Gasteiger partial charge in [0.2, 0.25) is 12.5 Å². The highest BCUT2D eigenvalue weighted by molar-refractivity contribution is 5.96. The molecule has 2 aliphatic heterocycles. The summed E-state index contributed by atoms with van der Waals surface area (Å²) in [5, 5.41) is 8.61. The predicted octanol–water partition coefficient (Wildman–Crippen LogP) is 4.76. The molecule has 13 nitrogen and oxygen atoms in total. The molecule has 248 valence electrons. The molecule has 0 spiro atoms. The first-order chi connectivity index (χ1) is 23.4. The predicted molar refractivity (Wildman–Crippen MR) is 170 cm³/mol. The van der Waals surface area contributed by atoms with Crippen LogP contribution in [0.5, 0.6) is 28.7 Å². The van der Waals surface area contributed by atoms with Crippen molar-refractivity contribution in [2.24, 2.45) is 11.8 Å². The Morgan fingerprint density at radius 2 is 1.58 bits per heavy atom. The number of ether oxygens (including phenoxy) is 6. The number of esters is 1. The highest BCUT2D eigenvalue weighted by atomic mass is 16.7. The molecule has 3 N–H and O–H groups in total. The molecule has 0 unspecified atom stereocenters. The maximum absolute atomic E-state index is 13.7. The fraction of sp³-hybridized carbons (Fsp3) is 0.286. The molecular formula is C35H33N3O10. The smallest absolute Gasteiger partial charge is 0.319 e. The minimum atomic E-state index is -0.641. The minimum absolute atomic E-state index is 0.0558. The lowest BCUT2D eigenvalue weighted by Crippen LogP contribution is -2.42. The topological polar surface area (TPSA) is 156 Å². The zero-order valence-electron chi connectivity index (χ0n) is 26.4. The van der Waals surface area contributed by atoms with E-state index in [-0.39, 0.29) is 31.8 Å². The number of carbonyl (C=O) groups excluding carboxylic acids is 3. The Morgan fingerprint density at radius 1 is 0.875 bits per heavy atom. The zero-order valence-corrected chi connectivity index (χ0v) is 26.4. The zero-order chi connectivity index (χ0) is 33.4. The van der Waals surface area contributed by atoms with Gasteiger partial charge in [0, 0.05) is 23.1 Å². The van der Waals surface area contributed by atoms with Gasteiger partial charge in [-0.05, 0) is 77.4 Å². The second-order valence-electron chi connectivity index (χ2n) is 11.5. The van der Waals surface area contributed by atoms with E-state index in [9.17, 15) is 14.4 Å². The van der Waals surface area contributed by atoms with Gasteiger partial charge in [-0.3, -0.25) is 9.59 Å². The van der Waals surface area contributed by atoms with E-state index in [1.807, 2.05) is 24.3 Å². The average Bonchev–Trinajstić information content (AvgIpc) is 3.88. The van der Waals surface area contributed by atoms with Crippen LogP contribution in [0, 0.1) is 11.8 Å². The van der Waals surface area contributed by atoms with E-state index in [0.29, 0.717) is 45.8 Å². The molecule has 48 heavy (non-hydrogen) atoms. The Hall–Kier alpha value is -5.85. The number of urea groups is 1. The number of benzene rings is 3. The number of rotatable bonds is 9. The number of hydrogen-bond acceptors (Lipinski definition) is 10. The van der Waals surface area contributed by atoms with E-state index in [1.165, 1.54) is 27.6 Å². The van der Waals surface area contributed by atoms with E-state index in [4.69, 9.17) is 32.8 Å². The van der Waals surface area contributed by atoms with Crippen LogP contribution < -0.4 is 39.6 Å². The number of furan rings is 1. The van der Waals surface area contributed by atoms with Gasteiger partial charge in [-0.2, -0.15) is 0 Å². The summed E-state index contributed by atoms with van der Waals surface area (Å²) in [6.45, 7) is 0.400. The molecule has 0 saturated carbocycles. The standard InChI is InChI=1S/C35H33N3O10/c1-42-27-11-19(12-28(43-2)32(27)44-3)29-22-13-25-26(48-17-47-25)14-23(22)31(24-16-46-34(40)30(24)29)38-33(39)18-6-8-20(9-7-18)37-35(41)36-15-21-5-4-10-45-21/h4-14,24,29-31H,15-17H2,1-3H3,(H,38,39)(H2,36,37,41)/t24-,29+,30-,31+/m0/s1. The third kappa shape index (κ3) is 5.57. The monoisotopic (exact) mass is 655 g/mol. The summed E-state index contributed by atoms with van der Waals surface area (Å²) in [4.78, 5) is 39.5. The van der Waals surface area contributed by atoms with Crippen LogP contribution in [0.3, 0.4) is 0 Å². The molecule has 4 aromatic rings. The Bertz CT molecular complexity index is 1830. The fourth-order valence-electron chi connectivity index (χ4n) is 6.71. The lowest BCUT2D eigenvalue weighted by Gasteiger charge is -2.39. The van der Waals surface area contributed by atoms with Gasteiger partial charge in [-0.15, -0.1) is 0 Å². The van der Waals surface area contributed by atoms with Crippen molar-refractivity contribution in [2.45, 2.75) is 18.5 Å². The number of cyclic esters (lactones) is 1. The second-order valence-corrected chi connectivity index (χ2v) is 11.5. The van der Waals surface area contributed by atoms with Crippen LogP contribution in [0.15, 0.2) is 71.3 Å². The number of fused-ring (bicyclic) bond motifs is 3. The van der Waals surface area contributed by atoms with Crippen LogP contribution in [0.25, 0.3) is 0 Å². The van der Waals surface area contributed by atoms with Gasteiger partial charge in [0.05, 0.1) is 52.7 Å². The molecule has 1 aliphatic carbocycles. The lowest BCUT2D eigenvalue weighted by molar-refractivity contribution is -0.141. The Balaban J connectivity index is 1.19. The summed E-state index contributed by atoms with van der Waals surface area (Å²) >= 11 is 0. The normalized spacial score (nSPS) is 20.2. The lowest BCUT2D eigenvalue weighted by atomic mass is 9.65. The number of nitrogens with one attached hydrogen (secondary N) is 3. The quantitative estimate of drug-likeness (QED) is 0.215. The van der Waals surface area contributed by atoms with Crippen LogP contribution in [-0.2, 0) is 16.1 Å². The van der Waals surface area contributed by atoms with Gasteiger partial charge in [-0.25, -0.2) is 4.79 Å². The molecule has 0 radical (unpaired) electrons. The van der Waals surface area contributed by atoms with E-state index in [0.717, 1.165) is 16.7 Å². The first kappa shape index (κ1) is 30.8. The maximum atomic E-state index is 13.7. The van der Waals surface area contributed by atoms with Crippen molar-refractivity contribution < 1.29 is 47.2 Å². The molecular weight excluding hydrogens is 622 g/mol. The summed E-state index contributed by atoms with van der Waals surface area (Å²) in [7, 11) is 4.59. The molecule has 1 fully saturated rings. The molecule has 3 amide bonds. The summed E-state index contributed by atoms with van der Waals surface area (Å²) in [6.07, 6.45) is 1.53. The number of carbonyl (C=O) groups is 3. The van der Waals surface area contributed by atoms with Crippen LogP contribution in [0.4, 0.5) is 10.5 Å². The molecule has 3 aromatic carbocycles. The minimum Gasteiger partial charge on any atom is -0.493 e. The summed E-state index contributed by atoms with van der Waals surface area (Å²) in [5.74, 6) is 0.756. The number of anilines is 1. The molecule has 13 heteroatoms. The van der Waals surface area contributed by atoms with E-state index < -0.39 is 29.8 Å². The Kier molecular flexibility index (Phi) is 8.17. The van der Waals surface area contributed by atoms with Crippen molar-refractivity contribution in [2.75, 3.05) is 40.0 Å². The van der Waals surface area contributed by atoms with Gasteiger partial charge < -0.3 is 48.8 Å². The van der Waals surface area contributed by atoms with E-state index in [2.05, 4.69) is 16.0 Å². The average molecular weight is 656 g/mol. The van der Waals surface area contributed by atoms with Gasteiger partial charge in [0.25, 0.3) is 5.91 Å². The summed E-state index contributed by atoms with van der Waals surface area (Å²) in [6, 6.07) is 16.4. The van der Waals surface area contributed by atoms with Crippen molar-refractivity contribution in [3.05, 3.63) is 94.9 Å². The van der Waals surface area contributed by atoms with Gasteiger partial charge in [-0.1, -0.05) is 0 Å². The summed E-state index contributed by atoms with van der Waals surface area (Å²) in [5.41, 5.74) is 3.17. The SMILES string of the molecule is COc1cc([C@@H]2c3cc4c(cc3[C@@H](NC(=O)c3ccc(NC(=O)NCc5ccco5)cc3)[C@H]3COC(=O)[C@H]23)OCO4)cc(OC)c1OC. The molecule has 0 bridgehead atoms. The molecule has 7 rings (SSSR count). The summed E-state index contributed by atoms with van der Waals surface area (Å²) < 4.78 is 39.2. The first-order valence-corrected chi connectivity index (χ1v) is 15.3. The Labute approximate surface area is 275 Å². The fourth-order valence-corrected chi connectivity index (χ4v) is 6.71. The van der Waals surface area contributed by atoms with Gasteiger partial charge in [0.1, 0.15) is 5.76 Å². The molecule has 1 saturated heterocycles. The van der Waals surface area contributed by atoms with E-state index >= 15 is 0 Å². The third-order valence-electron chi connectivity index (χ3n) is 8.93.